The van der Waals surface area contributed by atoms with Crippen molar-refractivity contribution < 1.29 is 0 Å². The van der Waals surface area contributed by atoms with Crippen molar-refractivity contribution in [2.45, 2.75) is 19.3 Å². The summed E-state index contributed by atoms with van der Waals surface area (Å²) in [5.41, 5.74) is 2.04. The molecule has 0 bridgehead atoms. The van der Waals surface area contributed by atoms with Gasteiger partial charge in [0.2, 0.25) is 5.95 Å². The van der Waals surface area contributed by atoms with Gasteiger partial charge < -0.3 is 4.90 Å². The molecule has 108 valence electrons. The molecule has 3 nitrogen and oxygen atoms in total. The number of halogens is 1. The zero-order valence-electron chi connectivity index (χ0n) is 11.9. The van der Waals surface area contributed by atoms with Crippen LogP contribution in [0.1, 0.15) is 30.5 Å². The lowest BCUT2D eigenvalue weighted by molar-refractivity contribution is 0.568. The number of rotatable bonds is 3. The summed E-state index contributed by atoms with van der Waals surface area (Å²) in [6.45, 7) is 2.12. The molecule has 1 saturated heterocycles. The van der Waals surface area contributed by atoms with Crippen LogP contribution < -0.4 is 4.90 Å². The van der Waals surface area contributed by atoms with Crippen LogP contribution in [0, 0.1) is 0 Å². The molecule has 1 aliphatic rings. The van der Waals surface area contributed by atoms with Crippen molar-refractivity contribution in [2.75, 3.05) is 18.0 Å². The van der Waals surface area contributed by atoms with Gasteiger partial charge in [0, 0.05) is 24.3 Å². The summed E-state index contributed by atoms with van der Waals surface area (Å²) < 4.78 is 0. The fraction of sp³-hybridized carbons (Fsp3) is 0.294. The molecule has 0 N–H and O–H groups in total. The van der Waals surface area contributed by atoms with Gasteiger partial charge in [-0.1, -0.05) is 29.8 Å². The fourth-order valence-corrected chi connectivity index (χ4v) is 2.58. The smallest absolute Gasteiger partial charge is 0.225 e. The Morgan fingerprint density at radius 3 is 2.48 bits per heavy atom. The molecule has 1 aromatic heterocycles. The van der Waals surface area contributed by atoms with Crippen LogP contribution in [0.2, 0.25) is 5.02 Å². The van der Waals surface area contributed by atoms with Gasteiger partial charge in [0.15, 0.2) is 0 Å². The lowest BCUT2D eigenvalue weighted by Gasteiger charge is -2.26. The largest absolute Gasteiger partial charge is 0.341 e. The summed E-state index contributed by atoms with van der Waals surface area (Å²) in [7, 11) is 0. The van der Waals surface area contributed by atoms with Gasteiger partial charge in [-0.25, -0.2) is 9.97 Å². The normalized spacial score (nSPS) is 15.6. The molecular formula is C17H18ClN3. The third-order valence-corrected chi connectivity index (χ3v) is 3.87. The van der Waals surface area contributed by atoms with E-state index in [1.54, 1.807) is 0 Å². The molecule has 21 heavy (non-hydrogen) atoms. The second-order valence-electron chi connectivity index (χ2n) is 5.21. The van der Waals surface area contributed by atoms with Crippen molar-refractivity contribution in [3.63, 3.8) is 0 Å². The average molecular weight is 300 g/mol. The van der Waals surface area contributed by atoms with Crippen molar-refractivity contribution >= 4 is 29.7 Å². The van der Waals surface area contributed by atoms with E-state index < -0.39 is 0 Å². The molecule has 2 heterocycles. The van der Waals surface area contributed by atoms with Gasteiger partial charge in [0.05, 0.1) is 5.69 Å². The maximum atomic E-state index is 5.89. The van der Waals surface area contributed by atoms with Crippen molar-refractivity contribution in [1.82, 2.24) is 9.97 Å². The summed E-state index contributed by atoms with van der Waals surface area (Å²) in [5.74, 6) is 0.841. The first-order valence-corrected chi connectivity index (χ1v) is 7.71. The quantitative estimate of drug-likeness (QED) is 0.846. The minimum absolute atomic E-state index is 0.751. The summed E-state index contributed by atoms with van der Waals surface area (Å²) in [6, 6.07) is 9.69. The summed E-state index contributed by atoms with van der Waals surface area (Å²) in [4.78, 5) is 11.3. The maximum Gasteiger partial charge on any atom is 0.225 e. The van der Waals surface area contributed by atoms with E-state index >= 15 is 0 Å². The van der Waals surface area contributed by atoms with Crippen LogP contribution in [0.5, 0.6) is 0 Å². The third-order valence-electron chi connectivity index (χ3n) is 3.62. The monoisotopic (exact) mass is 299 g/mol. The number of hydrogen-bond acceptors (Lipinski definition) is 3. The number of benzene rings is 1. The topological polar surface area (TPSA) is 29.0 Å². The molecule has 1 aliphatic heterocycles. The molecule has 1 fully saturated rings. The van der Waals surface area contributed by atoms with E-state index in [4.69, 9.17) is 11.6 Å². The molecule has 0 radical (unpaired) electrons. The molecular weight excluding hydrogens is 282 g/mol. The van der Waals surface area contributed by atoms with Crippen LogP contribution in [0.15, 0.2) is 36.5 Å². The Hall–Kier alpha value is -1.87. The van der Waals surface area contributed by atoms with Gasteiger partial charge in [-0.3, -0.25) is 0 Å². The van der Waals surface area contributed by atoms with Crippen molar-refractivity contribution in [3.05, 3.63) is 52.8 Å². The predicted octanol–water partition coefficient (Wildman–Crippen LogP) is 4.29. The number of anilines is 1. The van der Waals surface area contributed by atoms with E-state index in [9.17, 15) is 0 Å². The Balaban J connectivity index is 1.74. The van der Waals surface area contributed by atoms with Crippen LogP contribution in [-0.4, -0.2) is 23.1 Å². The van der Waals surface area contributed by atoms with E-state index in [-0.39, 0.29) is 0 Å². The van der Waals surface area contributed by atoms with Gasteiger partial charge in [0.25, 0.3) is 0 Å². The Bertz CT molecular complexity index is 616. The zero-order chi connectivity index (χ0) is 14.5. The second-order valence-corrected chi connectivity index (χ2v) is 5.65. The highest BCUT2D eigenvalue weighted by molar-refractivity contribution is 6.30. The molecule has 2 aromatic rings. The van der Waals surface area contributed by atoms with Crippen LogP contribution in [0.4, 0.5) is 5.95 Å². The van der Waals surface area contributed by atoms with E-state index in [1.165, 1.54) is 19.3 Å². The minimum Gasteiger partial charge on any atom is -0.341 e. The van der Waals surface area contributed by atoms with E-state index in [2.05, 4.69) is 14.9 Å². The van der Waals surface area contributed by atoms with Crippen LogP contribution in [0.25, 0.3) is 12.2 Å². The van der Waals surface area contributed by atoms with E-state index in [0.29, 0.717) is 0 Å². The lowest BCUT2D eigenvalue weighted by Crippen LogP contribution is -2.31. The van der Waals surface area contributed by atoms with Gasteiger partial charge in [-0.15, -0.1) is 0 Å². The minimum atomic E-state index is 0.751. The fourth-order valence-electron chi connectivity index (χ4n) is 2.46. The lowest BCUT2D eigenvalue weighted by atomic mass is 10.1. The summed E-state index contributed by atoms with van der Waals surface area (Å²) in [5, 5.41) is 0.751. The van der Waals surface area contributed by atoms with E-state index in [1.807, 2.05) is 48.7 Å². The molecule has 3 rings (SSSR count). The zero-order valence-corrected chi connectivity index (χ0v) is 12.6. The number of nitrogens with zero attached hydrogens (tertiary/aromatic N) is 3. The standard InChI is InChI=1S/C17H18ClN3/c18-15-7-4-14(5-8-15)6-9-16-10-11-19-17(20-16)21-12-2-1-3-13-21/h4-11H,1-3,12-13H2/b9-6+. The van der Waals surface area contributed by atoms with E-state index in [0.717, 1.165) is 35.3 Å². The molecule has 1 aromatic carbocycles. The van der Waals surface area contributed by atoms with Crippen LogP contribution >= 0.6 is 11.6 Å². The number of piperidine rings is 1. The highest BCUT2D eigenvalue weighted by Gasteiger charge is 2.12. The molecule has 0 saturated carbocycles. The molecule has 0 amide bonds. The molecule has 0 unspecified atom stereocenters. The first-order valence-electron chi connectivity index (χ1n) is 7.33. The summed E-state index contributed by atoms with van der Waals surface area (Å²) >= 11 is 5.89. The molecule has 0 atom stereocenters. The number of hydrogen-bond donors (Lipinski definition) is 0. The Morgan fingerprint density at radius 2 is 1.71 bits per heavy atom. The highest BCUT2D eigenvalue weighted by atomic mass is 35.5. The predicted molar refractivity (Wildman–Crippen MR) is 88.5 cm³/mol. The SMILES string of the molecule is Clc1ccc(/C=C/c2ccnc(N3CCCCC3)n2)cc1. The number of aromatic nitrogens is 2. The van der Waals surface area contributed by atoms with Gasteiger partial charge in [0.1, 0.15) is 0 Å². The molecule has 4 heteroatoms. The van der Waals surface area contributed by atoms with Crippen molar-refractivity contribution in [2.24, 2.45) is 0 Å². The summed E-state index contributed by atoms with van der Waals surface area (Å²) in [6.07, 6.45) is 9.66. The third kappa shape index (κ3) is 3.82. The van der Waals surface area contributed by atoms with Crippen molar-refractivity contribution in [1.29, 1.82) is 0 Å². The second kappa shape index (κ2) is 6.72. The van der Waals surface area contributed by atoms with Gasteiger partial charge >= 0.3 is 0 Å². The first-order chi connectivity index (χ1) is 10.3. The first kappa shape index (κ1) is 14.1. The molecule has 0 spiro atoms. The van der Waals surface area contributed by atoms with Crippen LogP contribution in [-0.2, 0) is 0 Å². The molecule has 0 aliphatic carbocycles. The van der Waals surface area contributed by atoms with Gasteiger partial charge in [-0.2, -0.15) is 0 Å². The Labute approximate surface area is 130 Å². The Kier molecular flexibility index (Phi) is 4.51. The average Bonchev–Trinajstić information content (AvgIpc) is 2.55. The van der Waals surface area contributed by atoms with Crippen molar-refractivity contribution in [3.8, 4) is 0 Å². The van der Waals surface area contributed by atoms with Gasteiger partial charge in [-0.05, 0) is 49.1 Å². The van der Waals surface area contributed by atoms with Crippen LogP contribution in [0.3, 0.4) is 0 Å². The Morgan fingerprint density at radius 1 is 0.952 bits per heavy atom. The highest BCUT2D eigenvalue weighted by Crippen LogP contribution is 2.16. The maximum absolute atomic E-state index is 5.89.